The van der Waals surface area contributed by atoms with Crippen LogP contribution in [-0.4, -0.2) is 11.7 Å². The van der Waals surface area contributed by atoms with Crippen LogP contribution in [0.4, 0.5) is 0 Å². The summed E-state index contributed by atoms with van der Waals surface area (Å²) in [4.78, 5) is 0. The third-order valence-electron chi connectivity index (χ3n) is 6.51. The van der Waals surface area contributed by atoms with Gasteiger partial charge in [-0.1, -0.05) is 70.9 Å². The van der Waals surface area contributed by atoms with E-state index in [1.165, 1.54) is 47.1 Å². The maximum atomic E-state index is 5.68. The SMILES string of the molecule is C=C/C(C)=C/CC/C(C)=C/CC/C(C)=C/CC/C=C(\C)CC/C=C(\C)CCC1OC1(C)C. The Kier molecular flexibility index (Phi) is 13.6. The van der Waals surface area contributed by atoms with Crippen molar-refractivity contribution in [3.63, 3.8) is 0 Å². The molecular formula is C31H50O. The maximum absolute atomic E-state index is 5.68. The van der Waals surface area contributed by atoms with Crippen molar-refractivity contribution in [2.45, 2.75) is 124 Å². The number of rotatable bonds is 16. The summed E-state index contributed by atoms with van der Waals surface area (Å²) >= 11 is 0. The van der Waals surface area contributed by atoms with Gasteiger partial charge in [-0.05, 0) is 113 Å². The second-order valence-electron chi connectivity index (χ2n) is 10.3. The van der Waals surface area contributed by atoms with E-state index >= 15 is 0 Å². The lowest BCUT2D eigenvalue weighted by molar-refractivity contribution is 0.320. The van der Waals surface area contributed by atoms with Gasteiger partial charge >= 0.3 is 0 Å². The Labute approximate surface area is 200 Å². The Hall–Kier alpha value is -1.60. The van der Waals surface area contributed by atoms with Crippen LogP contribution in [0, 0.1) is 0 Å². The van der Waals surface area contributed by atoms with Gasteiger partial charge in [0.05, 0.1) is 11.7 Å². The fourth-order valence-corrected chi connectivity index (χ4v) is 3.87. The lowest BCUT2D eigenvalue weighted by Crippen LogP contribution is -2.02. The molecule has 0 bridgehead atoms. The minimum absolute atomic E-state index is 0.129. The standard InChI is InChI=1S/C31H50O/c1-9-25(2)17-12-18-28(5)21-13-19-26(3)15-10-11-16-27(4)20-14-22-29(6)23-24-30-31(7,8)32-30/h9,15-17,21-22,30H,1,10-14,18-20,23-24H2,2-8H3/b25-17+,26-15+,27-16+,28-21+,29-22+. The molecule has 1 heterocycles. The van der Waals surface area contributed by atoms with Crippen molar-refractivity contribution in [1.29, 1.82) is 0 Å². The minimum Gasteiger partial charge on any atom is -0.367 e. The highest BCUT2D eigenvalue weighted by Gasteiger charge is 2.46. The number of unbranched alkanes of at least 4 members (excludes halogenated alkanes) is 1. The lowest BCUT2D eigenvalue weighted by Gasteiger charge is -2.03. The molecule has 1 aliphatic rings. The summed E-state index contributed by atoms with van der Waals surface area (Å²) in [5.41, 5.74) is 7.45. The zero-order valence-corrected chi connectivity index (χ0v) is 22.2. The first kappa shape index (κ1) is 28.4. The van der Waals surface area contributed by atoms with E-state index in [2.05, 4.69) is 85.4 Å². The van der Waals surface area contributed by atoms with Crippen LogP contribution in [0.15, 0.2) is 70.9 Å². The van der Waals surface area contributed by atoms with Crippen molar-refractivity contribution in [2.24, 2.45) is 0 Å². The highest BCUT2D eigenvalue weighted by atomic mass is 16.6. The van der Waals surface area contributed by atoms with Crippen molar-refractivity contribution in [2.75, 3.05) is 0 Å². The van der Waals surface area contributed by atoms with Crippen molar-refractivity contribution in [3.05, 3.63) is 70.9 Å². The first-order chi connectivity index (χ1) is 15.1. The zero-order chi connectivity index (χ0) is 24.0. The van der Waals surface area contributed by atoms with Gasteiger partial charge in [0.1, 0.15) is 0 Å². The smallest absolute Gasteiger partial charge is 0.0892 e. The average molecular weight is 439 g/mol. The van der Waals surface area contributed by atoms with Crippen LogP contribution in [0.2, 0.25) is 0 Å². The molecule has 0 N–H and O–H groups in total. The van der Waals surface area contributed by atoms with E-state index in [1.54, 1.807) is 0 Å². The molecule has 0 spiro atoms. The van der Waals surface area contributed by atoms with Crippen LogP contribution in [0.1, 0.15) is 113 Å². The van der Waals surface area contributed by atoms with Crippen molar-refractivity contribution in [3.8, 4) is 0 Å². The van der Waals surface area contributed by atoms with Gasteiger partial charge < -0.3 is 4.74 Å². The van der Waals surface area contributed by atoms with Crippen molar-refractivity contribution < 1.29 is 4.74 Å². The van der Waals surface area contributed by atoms with E-state index in [9.17, 15) is 0 Å². The van der Waals surface area contributed by atoms with Crippen molar-refractivity contribution >= 4 is 0 Å². The van der Waals surface area contributed by atoms with Crippen LogP contribution >= 0.6 is 0 Å². The highest BCUT2D eigenvalue weighted by molar-refractivity contribution is 5.14. The van der Waals surface area contributed by atoms with E-state index in [0.717, 1.165) is 44.9 Å². The third kappa shape index (κ3) is 13.7. The van der Waals surface area contributed by atoms with Crippen LogP contribution < -0.4 is 0 Å². The van der Waals surface area contributed by atoms with Gasteiger partial charge in [0.2, 0.25) is 0 Å². The van der Waals surface area contributed by atoms with Gasteiger partial charge in [0.15, 0.2) is 0 Å². The highest BCUT2D eigenvalue weighted by Crippen LogP contribution is 2.38. The second-order valence-corrected chi connectivity index (χ2v) is 10.3. The Balaban J connectivity index is 2.16. The van der Waals surface area contributed by atoms with E-state index in [-0.39, 0.29) is 5.60 Å². The number of allylic oxidation sites excluding steroid dienone is 11. The number of epoxide rings is 1. The predicted molar refractivity (Wildman–Crippen MR) is 144 cm³/mol. The molecule has 0 aromatic rings. The van der Waals surface area contributed by atoms with Crippen LogP contribution in [0.5, 0.6) is 0 Å². The summed E-state index contributed by atoms with van der Waals surface area (Å²) in [6.45, 7) is 19.4. The second kappa shape index (κ2) is 15.3. The van der Waals surface area contributed by atoms with Crippen LogP contribution in [0.3, 0.4) is 0 Å². The monoisotopic (exact) mass is 438 g/mol. The molecule has 1 rings (SSSR count). The quantitative estimate of drug-likeness (QED) is 0.101. The molecule has 0 radical (unpaired) electrons. The molecular weight excluding hydrogens is 388 g/mol. The molecule has 1 fully saturated rings. The van der Waals surface area contributed by atoms with Crippen molar-refractivity contribution in [1.82, 2.24) is 0 Å². The zero-order valence-electron chi connectivity index (χ0n) is 22.2. The maximum Gasteiger partial charge on any atom is 0.0892 e. The summed E-state index contributed by atoms with van der Waals surface area (Å²) in [6.07, 6.45) is 25.9. The molecule has 1 saturated heterocycles. The summed E-state index contributed by atoms with van der Waals surface area (Å²) in [5, 5.41) is 0. The molecule has 1 atom stereocenters. The Morgan fingerprint density at radius 2 is 1.03 bits per heavy atom. The molecule has 1 unspecified atom stereocenters. The predicted octanol–water partition coefficient (Wildman–Crippen LogP) is 9.98. The molecule has 0 aromatic carbocycles. The van der Waals surface area contributed by atoms with E-state index in [0.29, 0.717) is 6.10 Å². The third-order valence-corrected chi connectivity index (χ3v) is 6.51. The van der Waals surface area contributed by atoms with Gasteiger partial charge in [-0.2, -0.15) is 0 Å². The Morgan fingerprint density at radius 3 is 1.44 bits per heavy atom. The topological polar surface area (TPSA) is 12.5 Å². The molecule has 32 heavy (non-hydrogen) atoms. The number of hydrogen-bond donors (Lipinski definition) is 0. The average Bonchev–Trinajstić information content (AvgIpc) is 3.36. The molecule has 1 aliphatic heterocycles. The molecule has 0 saturated carbocycles. The Morgan fingerprint density at radius 1 is 0.656 bits per heavy atom. The summed E-state index contributed by atoms with van der Waals surface area (Å²) in [7, 11) is 0. The van der Waals surface area contributed by atoms with Gasteiger partial charge in [-0.3, -0.25) is 0 Å². The van der Waals surface area contributed by atoms with Gasteiger partial charge in [0.25, 0.3) is 0 Å². The molecule has 0 aromatic heterocycles. The largest absolute Gasteiger partial charge is 0.367 e. The molecule has 1 nitrogen and oxygen atoms in total. The normalized spacial score (nSPS) is 20.0. The fraction of sp³-hybridized carbons (Fsp3) is 0.613. The first-order valence-electron chi connectivity index (χ1n) is 12.7. The summed E-state index contributed by atoms with van der Waals surface area (Å²) < 4.78 is 5.68. The molecule has 180 valence electrons. The molecule has 1 heteroatoms. The van der Waals surface area contributed by atoms with E-state index in [4.69, 9.17) is 4.74 Å². The fourth-order valence-electron chi connectivity index (χ4n) is 3.87. The lowest BCUT2D eigenvalue weighted by atomic mass is 10.0. The minimum atomic E-state index is 0.129. The summed E-state index contributed by atoms with van der Waals surface area (Å²) in [5.74, 6) is 0. The number of hydrogen-bond acceptors (Lipinski definition) is 1. The van der Waals surface area contributed by atoms with Gasteiger partial charge in [-0.25, -0.2) is 0 Å². The molecule has 0 aliphatic carbocycles. The summed E-state index contributed by atoms with van der Waals surface area (Å²) in [6, 6.07) is 0. The van der Waals surface area contributed by atoms with Crippen LogP contribution in [0.25, 0.3) is 0 Å². The van der Waals surface area contributed by atoms with E-state index in [1.807, 2.05) is 6.08 Å². The van der Waals surface area contributed by atoms with Gasteiger partial charge in [0, 0.05) is 0 Å². The van der Waals surface area contributed by atoms with Gasteiger partial charge in [-0.15, -0.1) is 0 Å². The molecule has 0 amide bonds. The Bertz CT molecular complexity index is 724. The first-order valence-corrected chi connectivity index (χ1v) is 12.7. The van der Waals surface area contributed by atoms with Crippen LogP contribution in [-0.2, 0) is 4.74 Å². The van der Waals surface area contributed by atoms with E-state index < -0.39 is 0 Å². The number of ether oxygens (including phenoxy) is 1.